The third kappa shape index (κ3) is 4.76. The van der Waals surface area contributed by atoms with Crippen LogP contribution in [0.15, 0.2) is 6.07 Å². The second-order valence-electron chi connectivity index (χ2n) is 10.8. The van der Waals surface area contributed by atoms with Crippen LogP contribution in [0.5, 0.6) is 0 Å². The minimum atomic E-state index is -1.28. The summed E-state index contributed by atoms with van der Waals surface area (Å²) in [6.07, 6.45) is 0. The number of rotatable bonds is 4. The lowest BCUT2D eigenvalue weighted by Crippen LogP contribution is -2.63. The molecule has 0 fully saturated rings. The van der Waals surface area contributed by atoms with Crippen molar-refractivity contribution in [2.45, 2.75) is 78.6 Å². The lowest BCUT2D eigenvalue weighted by atomic mass is 10.5. The summed E-state index contributed by atoms with van der Waals surface area (Å²) < 4.78 is 0. The predicted octanol–water partition coefficient (Wildman–Crippen LogP) is 4.45. The van der Waals surface area contributed by atoms with E-state index in [2.05, 4.69) is 84.6 Å². The van der Waals surface area contributed by atoms with E-state index in [1.54, 1.807) is 18.6 Å². The fraction of sp³-hybridized carbons (Fsp3) is 0.706. The first-order valence-electron chi connectivity index (χ1n) is 8.52. The summed E-state index contributed by atoms with van der Waals surface area (Å²) in [6.45, 7) is 30.5. The molecule has 0 unspecified atom stereocenters. The van der Waals surface area contributed by atoms with Crippen molar-refractivity contribution >= 4 is 60.7 Å². The van der Waals surface area contributed by atoms with Gasteiger partial charge in [0.15, 0.2) is 0 Å². The predicted molar refractivity (Wildman–Crippen MR) is 121 cm³/mol. The molecule has 0 aromatic carbocycles. The summed E-state index contributed by atoms with van der Waals surface area (Å²) in [6, 6.07) is 2.72. The van der Waals surface area contributed by atoms with Crippen molar-refractivity contribution in [3.63, 3.8) is 0 Å². The molecule has 22 heavy (non-hydrogen) atoms. The summed E-state index contributed by atoms with van der Waals surface area (Å²) in [5.74, 6) is 0. The zero-order chi connectivity index (χ0) is 17.7. The van der Waals surface area contributed by atoms with E-state index in [4.69, 9.17) is 0 Å². The summed E-state index contributed by atoms with van der Waals surface area (Å²) in [5, 5.41) is 3.60. The Hall–Kier alpha value is 0.518. The van der Waals surface area contributed by atoms with Gasteiger partial charge in [0.25, 0.3) is 0 Å². The van der Waals surface area contributed by atoms with Crippen LogP contribution in [0.2, 0.25) is 78.6 Å². The van der Waals surface area contributed by atoms with E-state index in [0.29, 0.717) is 0 Å². The van der Waals surface area contributed by atoms with E-state index >= 15 is 0 Å². The molecule has 0 radical (unpaired) electrons. The molecular weight excluding hydrogens is 348 g/mol. The fourth-order valence-corrected chi connectivity index (χ4v) is 18.4. The molecule has 0 aliphatic heterocycles. The third-order valence-corrected chi connectivity index (χ3v) is 18.0. The standard InChI is InChI=1S/C17H37PSi4/c1-19(2,3)14-13-15(20(4,5)6)17(22(10,11)12)18-16(14)21(7,8)9/h13H,1-12H3. The average molecular weight is 385 g/mol. The Morgan fingerprint density at radius 1 is 0.500 bits per heavy atom. The topological polar surface area (TPSA) is 0 Å². The van der Waals surface area contributed by atoms with Crippen LogP contribution in [0.25, 0.3) is 0 Å². The highest BCUT2D eigenvalue weighted by Crippen LogP contribution is 2.17. The van der Waals surface area contributed by atoms with Crippen LogP contribution in [-0.2, 0) is 0 Å². The van der Waals surface area contributed by atoms with Gasteiger partial charge in [0, 0.05) is 0 Å². The minimum absolute atomic E-state index is 1.26. The summed E-state index contributed by atoms with van der Waals surface area (Å²) in [4.78, 5) is 3.71. The van der Waals surface area contributed by atoms with Crippen molar-refractivity contribution in [3.8, 4) is 0 Å². The molecule has 126 valence electrons. The van der Waals surface area contributed by atoms with Crippen LogP contribution in [0, 0.1) is 0 Å². The van der Waals surface area contributed by atoms with Gasteiger partial charge in [0.2, 0.25) is 0 Å². The van der Waals surface area contributed by atoms with Gasteiger partial charge in [-0.25, -0.2) is 0 Å². The van der Waals surface area contributed by atoms with Crippen LogP contribution >= 0.6 is 8.19 Å². The Bertz CT molecular complexity index is 454. The van der Waals surface area contributed by atoms with E-state index < -0.39 is 32.3 Å². The first-order chi connectivity index (χ1) is 9.45. The quantitative estimate of drug-likeness (QED) is 0.673. The van der Waals surface area contributed by atoms with Crippen LogP contribution in [-0.4, -0.2) is 32.3 Å². The van der Waals surface area contributed by atoms with Gasteiger partial charge in [-0.1, -0.05) is 103 Å². The maximum atomic E-state index is 2.72. The highest BCUT2D eigenvalue weighted by Gasteiger charge is 2.35. The molecule has 0 aliphatic carbocycles. The first kappa shape index (κ1) is 20.6. The van der Waals surface area contributed by atoms with Crippen molar-refractivity contribution in [1.29, 1.82) is 0 Å². The lowest BCUT2D eigenvalue weighted by molar-refractivity contribution is 1.70. The largest absolute Gasteiger partial charge is 0.0833 e. The molecular formula is C17H37PSi4. The zero-order valence-corrected chi connectivity index (χ0v) is 21.9. The highest BCUT2D eigenvalue weighted by atomic mass is 31.0. The van der Waals surface area contributed by atoms with E-state index in [9.17, 15) is 0 Å². The molecule has 1 aromatic rings. The number of hydrogen-bond donors (Lipinski definition) is 0. The van der Waals surface area contributed by atoms with Crippen molar-refractivity contribution in [2.75, 3.05) is 0 Å². The van der Waals surface area contributed by atoms with Crippen molar-refractivity contribution in [3.05, 3.63) is 6.07 Å². The zero-order valence-electron chi connectivity index (χ0n) is 17.0. The molecule has 0 spiro atoms. The maximum Gasteiger partial charge on any atom is 0.0833 e. The molecule has 0 amide bonds. The lowest BCUT2D eigenvalue weighted by Gasteiger charge is -2.35. The average Bonchev–Trinajstić information content (AvgIpc) is 2.22. The van der Waals surface area contributed by atoms with Crippen molar-refractivity contribution < 1.29 is 0 Å². The molecule has 0 atom stereocenters. The Kier molecular flexibility index (Phi) is 5.71. The van der Waals surface area contributed by atoms with E-state index in [1.807, 2.05) is 9.84 Å². The van der Waals surface area contributed by atoms with Crippen molar-refractivity contribution in [1.82, 2.24) is 0 Å². The second-order valence-corrected chi connectivity index (χ2v) is 32.8. The van der Waals surface area contributed by atoms with Crippen LogP contribution in [0.4, 0.5) is 0 Å². The van der Waals surface area contributed by atoms with E-state index in [0.717, 1.165) is 0 Å². The Morgan fingerprint density at radius 3 is 0.955 bits per heavy atom. The minimum Gasteiger partial charge on any atom is -0.0787 e. The second kappa shape index (κ2) is 6.11. The molecule has 0 saturated heterocycles. The molecule has 1 aromatic heterocycles. The monoisotopic (exact) mass is 384 g/mol. The van der Waals surface area contributed by atoms with Crippen LogP contribution < -0.4 is 20.2 Å². The summed E-state index contributed by atoms with van der Waals surface area (Å²) in [7, 11) is -3.47. The summed E-state index contributed by atoms with van der Waals surface area (Å²) in [5.41, 5.74) is 0. The molecule has 1 rings (SSSR count). The van der Waals surface area contributed by atoms with Gasteiger partial charge < -0.3 is 0 Å². The molecule has 0 saturated carbocycles. The van der Waals surface area contributed by atoms with E-state index in [-0.39, 0.29) is 0 Å². The fourth-order valence-electron chi connectivity index (χ4n) is 2.80. The van der Waals surface area contributed by atoms with E-state index in [1.165, 1.54) is 0 Å². The van der Waals surface area contributed by atoms with Gasteiger partial charge in [-0.15, -0.1) is 0 Å². The normalized spacial score (nSPS) is 14.4. The van der Waals surface area contributed by atoms with Gasteiger partial charge in [-0.05, 0) is 9.84 Å². The molecule has 5 heteroatoms. The van der Waals surface area contributed by atoms with Gasteiger partial charge >= 0.3 is 0 Å². The maximum absolute atomic E-state index is 2.72. The van der Waals surface area contributed by atoms with Crippen LogP contribution in [0.3, 0.4) is 0 Å². The molecule has 0 bridgehead atoms. The Balaban J connectivity index is 3.90. The van der Waals surface area contributed by atoms with Gasteiger partial charge in [0.1, 0.15) is 0 Å². The molecule has 1 heterocycles. The van der Waals surface area contributed by atoms with Gasteiger partial charge in [0.05, 0.1) is 32.3 Å². The smallest absolute Gasteiger partial charge is 0.0787 e. The Morgan fingerprint density at radius 2 is 0.773 bits per heavy atom. The Labute approximate surface area is 145 Å². The van der Waals surface area contributed by atoms with Crippen LogP contribution in [0.1, 0.15) is 0 Å². The molecule has 0 N–H and O–H groups in total. The van der Waals surface area contributed by atoms with Gasteiger partial charge in [-0.2, -0.15) is 0 Å². The molecule has 0 aliphatic rings. The third-order valence-electron chi connectivity index (χ3n) is 4.06. The SMILES string of the molecule is C[Si](C)(C)c1cc([Si](C)(C)C)c([Si](C)(C)C)pc1[Si](C)(C)C. The highest BCUT2D eigenvalue weighted by molar-refractivity contribution is 7.51. The van der Waals surface area contributed by atoms with Crippen molar-refractivity contribution in [2.24, 2.45) is 0 Å². The number of hydrogen-bond acceptors (Lipinski definition) is 0. The van der Waals surface area contributed by atoms with Gasteiger partial charge in [-0.3, -0.25) is 0 Å². The molecule has 0 nitrogen and oxygen atoms in total. The summed E-state index contributed by atoms with van der Waals surface area (Å²) >= 11 is 0. The first-order valence-corrected chi connectivity index (χ1v) is 23.4.